The number of nitrogens with one attached hydrogen (secondary N) is 1. The van der Waals surface area contributed by atoms with Gasteiger partial charge in [0.2, 0.25) is 0 Å². The Balaban J connectivity index is 2.14. The molecule has 1 aromatic carbocycles. The molecule has 2 rings (SSSR count). The van der Waals surface area contributed by atoms with Crippen molar-refractivity contribution in [1.29, 1.82) is 0 Å². The Bertz CT molecular complexity index is 479. The number of nitrogen functional groups attached to an aromatic ring is 1. The Morgan fingerprint density at radius 3 is 2.50 bits per heavy atom. The van der Waals surface area contributed by atoms with Crippen molar-refractivity contribution in [3.63, 3.8) is 0 Å². The van der Waals surface area contributed by atoms with Crippen molar-refractivity contribution >= 4 is 17.3 Å². The van der Waals surface area contributed by atoms with Gasteiger partial charge in [-0.3, -0.25) is 4.79 Å². The summed E-state index contributed by atoms with van der Waals surface area (Å²) in [5.74, 6) is 0.741. The zero-order valence-corrected chi connectivity index (χ0v) is 12.6. The number of amides is 1. The lowest BCUT2D eigenvalue weighted by atomic mass is 9.86. The highest BCUT2D eigenvalue weighted by Gasteiger charge is 2.23. The Morgan fingerprint density at radius 1 is 1.30 bits per heavy atom. The van der Waals surface area contributed by atoms with Gasteiger partial charge in [-0.2, -0.15) is 0 Å². The third-order valence-corrected chi connectivity index (χ3v) is 4.43. The molecule has 0 unspecified atom stereocenters. The molecular weight excluding hydrogens is 250 g/mol. The zero-order valence-electron chi connectivity index (χ0n) is 12.6. The molecule has 4 nitrogen and oxygen atoms in total. The molecular formula is C16H25N3O. The fraction of sp³-hybridized carbons (Fsp3) is 0.562. The van der Waals surface area contributed by atoms with E-state index in [1.165, 1.54) is 25.7 Å². The zero-order chi connectivity index (χ0) is 14.7. The second kappa shape index (κ2) is 6.16. The molecule has 0 aliphatic heterocycles. The van der Waals surface area contributed by atoms with Gasteiger partial charge >= 0.3 is 0 Å². The molecule has 110 valence electrons. The minimum Gasteiger partial charge on any atom is -0.397 e. The number of anilines is 2. The number of hydrogen-bond acceptors (Lipinski definition) is 3. The van der Waals surface area contributed by atoms with Gasteiger partial charge in [-0.25, -0.2) is 0 Å². The van der Waals surface area contributed by atoms with E-state index >= 15 is 0 Å². The highest BCUT2D eigenvalue weighted by atomic mass is 16.1. The van der Waals surface area contributed by atoms with E-state index in [9.17, 15) is 4.79 Å². The van der Waals surface area contributed by atoms with Crippen LogP contribution in [0.25, 0.3) is 0 Å². The molecule has 1 aliphatic carbocycles. The molecule has 1 saturated carbocycles. The standard InChI is InChI=1S/C16H25N3O/c1-11-4-7-13(8-5-11)19(3)15-9-6-12(10-14(15)17)16(20)18-2/h6,9-11,13H,4-5,7-8,17H2,1-3H3,(H,18,20). The second-order valence-corrected chi connectivity index (χ2v) is 5.88. The third-order valence-electron chi connectivity index (χ3n) is 4.43. The average Bonchev–Trinajstić information content (AvgIpc) is 2.46. The van der Waals surface area contributed by atoms with Crippen LogP contribution in [0.1, 0.15) is 43.0 Å². The summed E-state index contributed by atoms with van der Waals surface area (Å²) in [5.41, 5.74) is 8.44. The van der Waals surface area contributed by atoms with E-state index in [0.29, 0.717) is 17.3 Å². The van der Waals surface area contributed by atoms with Crippen LogP contribution in [0, 0.1) is 5.92 Å². The van der Waals surface area contributed by atoms with E-state index in [4.69, 9.17) is 5.73 Å². The summed E-state index contributed by atoms with van der Waals surface area (Å²) in [7, 11) is 3.73. The highest BCUT2D eigenvalue weighted by Crippen LogP contribution is 2.32. The van der Waals surface area contributed by atoms with Crippen molar-refractivity contribution in [2.75, 3.05) is 24.7 Å². The lowest BCUT2D eigenvalue weighted by Crippen LogP contribution is -2.35. The summed E-state index contributed by atoms with van der Waals surface area (Å²) in [6, 6.07) is 6.11. The normalized spacial score (nSPS) is 22.4. The molecule has 0 bridgehead atoms. The van der Waals surface area contributed by atoms with E-state index in [1.807, 2.05) is 12.1 Å². The van der Waals surface area contributed by atoms with Gasteiger partial charge in [0.05, 0.1) is 11.4 Å². The van der Waals surface area contributed by atoms with E-state index in [0.717, 1.165) is 11.6 Å². The molecule has 3 N–H and O–H groups in total. The summed E-state index contributed by atoms with van der Waals surface area (Å²) in [5, 5.41) is 2.62. The number of nitrogens with two attached hydrogens (primary N) is 1. The van der Waals surface area contributed by atoms with Crippen molar-refractivity contribution in [2.45, 2.75) is 38.6 Å². The average molecular weight is 275 g/mol. The Labute approximate surface area is 121 Å². The van der Waals surface area contributed by atoms with Crippen molar-refractivity contribution in [3.05, 3.63) is 23.8 Å². The second-order valence-electron chi connectivity index (χ2n) is 5.88. The Morgan fingerprint density at radius 2 is 1.95 bits per heavy atom. The summed E-state index contributed by atoms with van der Waals surface area (Å²) in [4.78, 5) is 13.9. The first kappa shape index (κ1) is 14.7. The van der Waals surface area contributed by atoms with Crippen LogP contribution in [-0.2, 0) is 0 Å². The smallest absolute Gasteiger partial charge is 0.251 e. The molecule has 4 heteroatoms. The van der Waals surface area contributed by atoms with Crippen molar-refractivity contribution in [2.24, 2.45) is 5.92 Å². The van der Waals surface area contributed by atoms with Crippen molar-refractivity contribution < 1.29 is 4.79 Å². The Kier molecular flexibility index (Phi) is 4.53. The van der Waals surface area contributed by atoms with Crippen LogP contribution < -0.4 is 16.0 Å². The maximum atomic E-state index is 11.6. The van der Waals surface area contributed by atoms with E-state index in [-0.39, 0.29) is 5.91 Å². The lowest BCUT2D eigenvalue weighted by Gasteiger charge is -2.35. The molecule has 1 aromatic rings. The number of carbonyl (C=O) groups is 1. The van der Waals surface area contributed by atoms with E-state index in [1.54, 1.807) is 13.1 Å². The number of nitrogens with zero attached hydrogens (tertiary/aromatic N) is 1. The summed E-state index contributed by atoms with van der Waals surface area (Å²) in [6.07, 6.45) is 5.00. The number of hydrogen-bond donors (Lipinski definition) is 2. The van der Waals surface area contributed by atoms with Gasteiger partial charge in [0.15, 0.2) is 0 Å². The molecule has 1 aliphatic rings. The molecule has 0 atom stereocenters. The molecule has 0 saturated heterocycles. The minimum atomic E-state index is -0.0996. The topological polar surface area (TPSA) is 58.4 Å². The largest absolute Gasteiger partial charge is 0.397 e. The molecule has 0 aromatic heterocycles. The monoisotopic (exact) mass is 275 g/mol. The Hall–Kier alpha value is -1.71. The maximum absolute atomic E-state index is 11.6. The number of rotatable bonds is 3. The van der Waals surface area contributed by atoms with E-state index < -0.39 is 0 Å². The maximum Gasteiger partial charge on any atom is 0.251 e. The molecule has 0 radical (unpaired) electrons. The molecule has 0 spiro atoms. The van der Waals surface area contributed by atoms with Gasteiger partial charge in [-0.15, -0.1) is 0 Å². The minimum absolute atomic E-state index is 0.0996. The van der Waals surface area contributed by atoms with Crippen LogP contribution in [-0.4, -0.2) is 26.0 Å². The first-order valence-electron chi connectivity index (χ1n) is 7.37. The van der Waals surface area contributed by atoms with Crippen LogP contribution in [0.4, 0.5) is 11.4 Å². The lowest BCUT2D eigenvalue weighted by molar-refractivity contribution is 0.0963. The SMILES string of the molecule is CNC(=O)c1ccc(N(C)C2CCC(C)CC2)c(N)c1. The summed E-state index contributed by atoms with van der Waals surface area (Å²) in [6.45, 7) is 2.32. The van der Waals surface area contributed by atoms with Gasteiger partial charge in [-0.1, -0.05) is 6.92 Å². The van der Waals surface area contributed by atoms with Gasteiger partial charge in [0.25, 0.3) is 5.91 Å². The van der Waals surface area contributed by atoms with Crippen LogP contribution in [0.3, 0.4) is 0 Å². The third kappa shape index (κ3) is 3.06. The summed E-state index contributed by atoms with van der Waals surface area (Å²) >= 11 is 0. The van der Waals surface area contributed by atoms with Crippen LogP contribution in [0.5, 0.6) is 0 Å². The quantitative estimate of drug-likeness (QED) is 0.834. The van der Waals surface area contributed by atoms with Gasteiger partial charge in [0.1, 0.15) is 0 Å². The predicted molar refractivity (Wildman–Crippen MR) is 84.1 cm³/mol. The van der Waals surface area contributed by atoms with Crippen LogP contribution in [0.15, 0.2) is 18.2 Å². The summed E-state index contributed by atoms with van der Waals surface area (Å²) < 4.78 is 0. The fourth-order valence-electron chi connectivity index (χ4n) is 2.99. The van der Waals surface area contributed by atoms with Crippen molar-refractivity contribution in [1.82, 2.24) is 5.32 Å². The van der Waals surface area contributed by atoms with Gasteiger partial charge < -0.3 is 16.0 Å². The van der Waals surface area contributed by atoms with E-state index in [2.05, 4.69) is 24.2 Å². The molecule has 1 fully saturated rings. The van der Waals surface area contributed by atoms with Crippen molar-refractivity contribution in [3.8, 4) is 0 Å². The molecule has 1 amide bonds. The molecule has 0 heterocycles. The predicted octanol–water partition coefficient (Wildman–Crippen LogP) is 2.64. The van der Waals surface area contributed by atoms with Crippen LogP contribution >= 0.6 is 0 Å². The first-order valence-corrected chi connectivity index (χ1v) is 7.37. The van der Waals surface area contributed by atoms with Crippen LogP contribution in [0.2, 0.25) is 0 Å². The highest BCUT2D eigenvalue weighted by molar-refractivity contribution is 5.96. The number of carbonyl (C=O) groups excluding carboxylic acids is 1. The van der Waals surface area contributed by atoms with Gasteiger partial charge in [-0.05, 0) is 49.8 Å². The van der Waals surface area contributed by atoms with Gasteiger partial charge in [0, 0.05) is 25.7 Å². The first-order chi connectivity index (χ1) is 9.52. The number of benzene rings is 1. The fourth-order valence-corrected chi connectivity index (χ4v) is 2.99. The molecule has 20 heavy (non-hydrogen) atoms.